The van der Waals surface area contributed by atoms with E-state index in [0.29, 0.717) is 10.8 Å². The molecular formula is C12H12N4O4. The van der Waals surface area contributed by atoms with Crippen molar-refractivity contribution in [2.45, 2.75) is 6.10 Å². The zero-order valence-electron chi connectivity index (χ0n) is 10.3. The maximum absolute atomic E-state index is 11.9. The van der Waals surface area contributed by atoms with Gasteiger partial charge in [0.1, 0.15) is 6.10 Å². The number of carbonyl (C=O) groups is 2. The van der Waals surface area contributed by atoms with Crippen LogP contribution >= 0.6 is 0 Å². The maximum atomic E-state index is 11.9. The van der Waals surface area contributed by atoms with Crippen LogP contribution in [0.3, 0.4) is 0 Å². The molecule has 0 aliphatic rings. The molecule has 8 heteroatoms. The Morgan fingerprint density at radius 1 is 1.35 bits per heavy atom. The minimum Gasteiger partial charge on any atom is -0.381 e. The number of nitrogens with zero attached hydrogens (tertiary/aromatic N) is 1. The van der Waals surface area contributed by atoms with E-state index in [-0.39, 0.29) is 12.2 Å². The fraction of sp³-hybridized carbons (Fsp3) is 0.167. The van der Waals surface area contributed by atoms with Crippen LogP contribution in [0.5, 0.6) is 0 Å². The Bertz CT molecular complexity index is 725. The lowest BCUT2D eigenvalue weighted by Crippen LogP contribution is -2.40. The van der Waals surface area contributed by atoms with Gasteiger partial charge in [0.05, 0.1) is 11.9 Å². The van der Waals surface area contributed by atoms with Gasteiger partial charge in [-0.1, -0.05) is 18.2 Å². The van der Waals surface area contributed by atoms with Crippen LogP contribution in [-0.2, 0) is 4.79 Å². The number of rotatable bonds is 4. The first-order chi connectivity index (χ1) is 9.50. The molecule has 104 valence electrons. The number of benzene rings is 1. The molecule has 2 amide bonds. The molecule has 1 aromatic carbocycles. The molecule has 5 N–H and O–H groups in total. The molecule has 0 bridgehead atoms. The highest BCUT2D eigenvalue weighted by atomic mass is 16.3. The topological polar surface area (TPSA) is 138 Å². The van der Waals surface area contributed by atoms with E-state index in [1.165, 1.54) is 0 Å². The van der Waals surface area contributed by atoms with Crippen LogP contribution in [0.25, 0.3) is 10.8 Å². The molecule has 2 rings (SSSR count). The van der Waals surface area contributed by atoms with Gasteiger partial charge in [-0.05, 0) is 6.07 Å². The number of aromatic nitrogens is 2. The van der Waals surface area contributed by atoms with Crippen LogP contribution in [0.1, 0.15) is 10.5 Å². The summed E-state index contributed by atoms with van der Waals surface area (Å²) < 4.78 is 0. The third kappa shape index (κ3) is 2.64. The van der Waals surface area contributed by atoms with Crippen molar-refractivity contribution in [3.63, 3.8) is 0 Å². The lowest BCUT2D eigenvalue weighted by Gasteiger charge is -2.09. The summed E-state index contributed by atoms with van der Waals surface area (Å²) in [6, 6.07) is 6.47. The summed E-state index contributed by atoms with van der Waals surface area (Å²) in [4.78, 5) is 34.2. The molecule has 1 unspecified atom stereocenters. The Labute approximate surface area is 112 Å². The zero-order chi connectivity index (χ0) is 14.7. The second-order valence-electron chi connectivity index (χ2n) is 4.08. The van der Waals surface area contributed by atoms with Gasteiger partial charge in [-0.25, -0.2) is 5.10 Å². The van der Waals surface area contributed by atoms with Gasteiger partial charge in [-0.2, -0.15) is 5.10 Å². The van der Waals surface area contributed by atoms with E-state index in [9.17, 15) is 19.5 Å². The van der Waals surface area contributed by atoms with Crippen molar-refractivity contribution >= 4 is 22.6 Å². The Kier molecular flexibility index (Phi) is 3.76. The number of hydrogen-bond donors (Lipinski definition) is 4. The predicted molar refractivity (Wildman–Crippen MR) is 69.9 cm³/mol. The van der Waals surface area contributed by atoms with E-state index in [1.807, 2.05) is 0 Å². The fourth-order valence-electron chi connectivity index (χ4n) is 1.66. The van der Waals surface area contributed by atoms with Crippen molar-refractivity contribution in [1.82, 2.24) is 15.5 Å². The summed E-state index contributed by atoms with van der Waals surface area (Å²) in [5.74, 6) is -1.57. The van der Waals surface area contributed by atoms with Crippen molar-refractivity contribution in [1.29, 1.82) is 0 Å². The molecule has 2 aromatic rings. The van der Waals surface area contributed by atoms with Crippen molar-refractivity contribution in [3.8, 4) is 0 Å². The van der Waals surface area contributed by atoms with Crippen molar-refractivity contribution < 1.29 is 14.7 Å². The number of aliphatic hydroxyl groups excluding tert-OH is 1. The average Bonchev–Trinajstić information content (AvgIpc) is 2.45. The number of nitrogens with one attached hydrogen (secondary N) is 2. The van der Waals surface area contributed by atoms with Crippen LogP contribution in [0.2, 0.25) is 0 Å². The summed E-state index contributed by atoms with van der Waals surface area (Å²) in [5, 5.41) is 18.1. The highest BCUT2D eigenvalue weighted by Crippen LogP contribution is 2.11. The Morgan fingerprint density at radius 3 is 2.65 bits per heavy atom. The molecule has 20 heavy (non-hydrogen) atoms. The Balaban J connectivity index is 2.29. The Hall–Kier alpha value is -2.74. The maximum Gasteiger partial charge on any atom is 0.272 e. The number of carbonyl (C=O) groups excluding carboxylic acids is 2. The van der Waals surface area contributed by atoms with E-state index < -0.39 is 23.5 Å². The first kappa shape index (κ1) is 13.7. The number of hydrogen-bond acceptors (Lipinski definition) is 5. The van der Waals surface area contributed by atoms with Gasteiger partial charge in [0.25, 0.3) is 11.5 Å². The average molecular weight is 276 g/mol. The van der Waals surface area contributed by atoms with Gasteiger partial charge in [-0.3, -0.25) is 14.4 Å². The Morgan fingerprint density at radius 2 is 2.00 bits per heavy atom. The fourth-order valence-corrected chi connectivity index (χ4v) is 1.66. The molecule has 0 spiro atoms. The molecule has 0 aliphatic heterocycles. The quantitative estimate of drug-likeness (QED) is 0.538. The van der Waals surface area contributed by atoms with Crippen molar-refractivity contribution in [2.24, 2.45) is 5.73 Å². The van der Waals surface area contributed by atoms with E-state index in [2.05, 4.69) is 15.5 Å². The highest BCUT2D eigenvalue weighted by Gasteiger charge is 2.16. The molecule has 1 atom stereocenters. The summed E-state index contributed by atoms with van der Waals surface area (Å²) in [6.45, 7) is -0.330. The number of H-pyrrole nitrogens is 1. The molecule has 1 heterocycles. The van der Waals surface area contributed by atoms with Gasteiger partial charge in [0, 0.05) is 5.39 Å². The third-order valence-electron chi connectivity index (χ3n) is 2.70. The molecule has 0 saturated heterocycles. The summed E-state index contributed by atoms with van der Waals surface area (Å²) in [6.07, 6.45) is -1.48. The van der Waals surface area contributed by atoms with E-state index in [4.69, 9.17) is 5.73 Å². The lowest BCUT2D eigenvalue weighted by atomic mass is 10.1. The zero-order valence-corrected chi connectivity index (χ0v) is 10.3. The summed E-state index contributed by atoms with van der Waals surface area (Å²) >= 11 is 0. The minimum atomic E-state index is -1.48. The largest absolute Gasteiger partial charge is 0.381 e. The summed E-state index contributed by atoms with van der Waals surface area (Å²) in [7, 11) is 0. The molecule has 1 aromatic heterocycles. The van der Waals surface area contributed by atoms with Crippen LogP contribution in [0.15, 0.2) is 29.1 Å². The third-order valence-corrected chi connectivity index (χ3v) is 2.70. The number of primary amides is 1. The van der Waals surface area contributed by atoms with Gasteiger partial charge in [-0.15, -0.1) is 0 Å². The van der Waals surface area contributed by atoms with Gasteiger partial charge in [0.2, 0.25) is 5.91 Å². The predicted octanol–water partition coefficient (Wildman–Crippen LogP) is -1.50. The van der Waals surface area contributed by atoms with Gasteiger partial charge < -0.3 is 16.2 Å². The number of aliphatic hydroxyl groups is 1. The van der Waals surface area contributed by atoms with Crippen LogP contribution < -0.4 is 16.6 Å². The molecule has 0 fully saturated rings. The summed E-state index contributed by atoms with van der Waals surface area (Å²) in [5.41, 5.74) is 4.46. The van der Waals surface area contributed by atoms with E-state index >= 15 is 0 Å². The van der Waals surface area contributed by atoms with E-state index in [1.54, 1.807) is 24.3 Å². The standard InChI is InChI=1S/C12H12N4O4/c13-10(18)8(17)5-14-12(20)9-6-3-1-2-4-7(6)11(19)16-15-9/h1-4,8,17H,5H2,(H2,13,18)(H,14,20)(H,16,19). The minimum absolute atomic E-state index is 0.00290. The second-order valence-corrected chi connectivity index (χ2v) is 4.08. The van der Waals surface area contributed by atoms with Crippen LogP contribution in [0, 0.1) is 0 Å². The molecule has 0 saturated carbocycles. The SMILES string of the molecule is NC(=O)C(O)CNC(=O)c1n[nH]c(=O)c2ccccc12. The number of nitrogens with two attached hydrogens (primary N) is 1. The van der Waals surface area contributed by atoms with Crippen molar-refractivity contribution in [3.05, 3.63) is 40.3 Å². The lowest BCUT2D eigenvalue weighted by molar-refractivity contribution is -0.125. The normalized spacial score (nSPS) is 12.1. The number of aromatic amines is 1. The second kappa shape index (κ2) is 5.49. The number of fused-ring (bicyclic) bond motifs is 1. The van der Waals surface area contributed by atoms with Gasteiger partial charge in [0.15, 0.2) is 5.69 Å². The molecular weight excluding hydrogens is 264 g/mol. The molecule has 0 radical (unpaired) electrons. The van der Waals surface area contributed by atoms with Crippen LogP contribution in [-0.4, -0.2) is 39.8 Å². The highest BCUT2D eigenvalue weighted by molar-refractivity contribution is 6.04. The number of amides is 2. The first-order valence-electron chi connectivity index (χ1n) is 5.73. The smallest absolute Gasteiger partial charge is 0.272 e. The van der Waals surface area contributed by atoms with Crippen molar-refractivity contribution in [2.75, 3.05) is 6.54 Å². The monoisotopic (exact) mass is 276 g/mol. The van der Waals surface area contributed by atoms with Gasteiger partial charge >= 0.3 is 0 Å². The first-order valence-corrected chi connectivity index (χ1v) is 5.73. The van der Waals surface area contributed by atoms with E-state index in [0.717, 1.165) is 0 Å². The molecule has 8 nitrogen and oxygen atoms in total. The van der Waals surface area contributed by atoms with Crippen LogP contribution in [0.4, 0.5) is 0 Å². The molecule has 0 aliphatic carbocycles.